The Morgan fingerprint density at radius 1 is 0.397 bits per heavy atom. The van der Waals surface area contributed by atoms with E-state index in [-0.39, 0.29) is 25.2 Å². The van der Waals surface area contributed by atoms with Crippen molar-refractivity contribution in [3.8, 4) is 0 Å². The van der Waals surface area contributed by atoms with Crippen molar-refractivity contribution in [3.05, 3.63) is 60.8 Å². The van der Waals surface area contributed by atoms with Gasteiger partial charge in [0.15, 0.2) is 6.10 Å². The molecule has 0 rings (SSSR count). The zero-order chi connectivity index (χ0) is 42.1. The summed E-state index contributed by atoms with van der Waals surface area (Å²) < 4.78 is 17.4. The lowest BCUT2D eigenvalue weighted by Gasteiger charge is -2.18. The molecule has 0 spiro atoms. The van der Waals surface area contributed by atoms with Crippen LogP contribution in [0, 0.1) is 0 Å². The van der Waals surface area contributed by atoms with Gasteiger partial charge in [0, 0.05) is 19.4 Å². The number of ether oxygens (including phenoxy) is 3. The second-order valence-corrected chi connectivity index (χ2v) is 16.3. The highest BCUT2D eigenvalue weighted by molar-refractivity contribution is 5.70. The lowest BCUT2D eigenvalue weighted by atomic mass is 10.0. The molecule has 0 aromatic heterocycles. The lowest BCUT2D eigenvalue weighted by molar-refractivity contribution is -0.163. The topological polar surface area (TPSA) is 61.8 Å². The van der Waals surface area contributed by atoms with Gasteiger partial charge < -0.3 is 14.2 Å². The van der Waals surface area contributed by atoms with Gasteiger partial charge in [-0.2, -0.15) is 0 Å². The van der Waals surface area contributed by atoms with Gasteiger partial charge in [-0.15, -0.1) is 0 Å². The van der Waals surface area contributed by atoms with Crippen LogP contribution < -0.4 is 0 Å². The highest BCUT2D eigenvalue weighted by Gasteiger charge is 2.17. The minimum atomic E-state index is -0.546. The molecule has 1 unspecified atom stereocenters. The number of allylic oxidation sites excluding steroid dienone is 10. The largest absolute Gasteiger partial charge is 0.462 e. The van der Waals surface area contributed by atoms with Crippen molar-refractivity contribution in [2.45, 2.75) is 245 Å². The van der Waals surface area contributed by atoms with Gasteiger partial charge in [-0.3, -0.25) is 9.59 Å². The fourth-order valence-electron chi connectivity index (χ4n) is 6.86. The highest BCUT2D eigenvalue weighted by Crippen LogP contribution is 2.15. The molecule has 0 saturated carbocycles. The molecule has 0 bridgehead atoms. The summed E-state index contributed by atoms with van der Waals surface area (Å²) in [5, 5.41) is 0. The number of carbonyl (C=O) groups excluding carboxylic acids is 2. The Morgan fingerprint density at radius 3 is 1.31 bits per heavy atom. The van der Waals surface area contributed by atoms with E-state index in [9.17, 15) is 9.59 Å². The van der Waals surface area contributed by atoms with Gasteiger partial charge >= 0.3 is 11.9 Å². The molecule has 0 fully saturated rings. The third-order valence-corrected chi connectivity index (χ3v) is 10.5. The highest BCUT2D eigenvalue weighted by atomic mass is 16.6. The van der Waals surface area contributed by atoms with Crippen LogP contribution in [0.4, 0.5) is 0 Å². The third kappa shape index (κ3) is 46.3. The normalized spacial score (nSPS) is 12.7. The van der Waals surface area contributed by atoms with Crippen molar-refractivity contribution in [1.29, 1.82) is 0 Å². The van der Waals surface area contributed by atoms with E-state index < -0.39 is 6.10 Å². The predicted molar refractivity (Wildman–Crippen MR) is 251 cm³/mol. The molecule has 336 valence electrons. The summed E-state index contributed by atoms with van der Waals surface area (Å²) in [5.41, 5.74) is 0. The van der Waals surface area contributed by atoms with E-state index in [1.807, 2.05) is 0 Å². The molecule has 0 amide bonds. The predicted octanol–water partition coefficient (Wildman–Crippen LogP) is 16.6. The first-order chi connectivity index (χ1) is 28.6. The average Bonchev–Trinajstić information content (AvgIpc) is 3.22. The molecule has 0 aliphatic carbocycles. The van der Waals surface area contributed by atoms with Crippen molar-refractivity contribution in [2.24, 2.45) is 0 Å². The van der Waals surface area contributed by atoms with Crippen LogP contribution in [0.15, 0.2) is 60.8 Å². The fraction of sp³-hybridized carbons (Fsp3) is 0.774. The van der Waals surface area contributed by atoms with Crippen molar-refractivity contribution < 1.29 is 23.8 Å². The van der Waals surface area contributed by atoms with Crippen molar-refractivity contribution in [2.75, 3.05) is 19.8 Å². The smallest absolute Gasteiger partial charge is 0.306 e. The summed E-state index contributed by atoms with van der Waals surface area (Å²) in [6.45, 7) is 7.63. The van der Waals surface area contributed by atoms with Crippen molar-refractivity contribution in [3.63, 3.8) is 0 Å². The van der Waals surface area contributed by atoms with Crippen LogP contribution in [0.3, 0.4) is 0 Å². The molecule has 0 N–H and O–H groups in total. The van der Waals surface area contributed by atoms with Gasteiger partial charge in [0.05, 0.1) is 6.61 Å². The fourth-order valence-corrected chi connectivity index (χ4v) is 6.86. The first kappa shape index (κ1) is 55.6. The summed E-state index contributed by atoms with van der Waals surface area (Å²) >= 11 is 0. The summed E-state index contributed by atoms with van der Waals surface area (Å²) in [5.74, 6) is -0.417. The van der Waals surface area contributed by atoms with Gasteiger partial charge in [0.1, 0.15) is 6.61 Å². The van der Waals surface area contributed by atoms with Crippen LogP contribution in [0.5, 0.6) is 0 Å². The van der Waals surface area contributed by atoms with Crippen LogP contribution in [0.2, 0.25) is 0 Å². The van der Waals surface area contributed by atoms with Gasteiger partial charge in [0.2, 0.25) is 0 Å². The minimum absolute atomic E-state index is 0.0730. The molecule has 1 atom stereocenters. The van der Waals surface area contributed by atoms with Gasteiger partial charge in [-0.1, -0.05) is 210 Å². The Morgan fingerprint density at radius 2 is 0.810 bits per heavy atom. The standard InChI is InChI=1S/C53H94O5/c1-4-7-10-13-16-19-22-25-27-29-31-34-37-40-43-46-52(54)57-50-51(49-56-48-45-42-39-36-33-30-26-23-20-17-14-11-8-5-2)58-53(55)47-44-41-38-35-32-28-24-21-18-15-12-9-6-3/h7,10-11,14,16,19-20,23,25,27,51H,4-6,8-9,12-13,15,17-18,21-22,24,26,28-50H2,1-3H3/b10-7-,14-11-,19-16-,23-20-,27-25-. The molecule has 0 aliphatic rings. The molecule has 0 radical (unpaired) electrons. The van der Waals surface area contributed by atoms with E-state index in [0.717, 1.165) is 77.0 Å². The summed E-state index contributed by atoms with van der Waals surface area (Å²) in [4.78, 5) is 25.3. The van der Waals surface area contributed by atoms with Crippen LogP contribution in [0.1, 0.15) is 239 Å². The zero-order valence-electron chi connectivity index (χ0n) is 38.6. The molecule has 0 aromatic carbocycles. The van der Waals surface area contributed by atoms with Gasteiger partial charge in [0.25, 0.3) is 0 Å². The van der Waals surface area contributed by atoms with E-state index in [1.54, 1.807) is 0 Å². The first-order valence-corrected chi connectivity index (χ1v) is 24.8. The molecule has 5 nitrogen and oxygen atoms in total. The van der Waals surface area contributed by atoms with Gasteiger partial charge in [-0.25, -0.2) is 0 Å². The maximum absolute atomic E-state index is 12.8. The van der Waals surface area contributed by atoms with Crippen LogP contribution in [0.25, 0.3) is 0 Å². The van der Waals surface area contributed by atoms with Crippen LogP contribution >= 0.6 is 0 Å². The quantitative estimate of drug-likeness (QED) is 0.0348. The lowest BCUT2D eigenvalue weighted by Crippen LogP contribution is -2.30. The summed E-state index contributed by atoms with van der Waals surface area (Å²) in [7, 11) is 0. The Hall–Kier alpha value is -2.40. The maximum atomic E-state index is 12.8. The first-order valence-electron chi connectivity index (χ1n) is 24.8. The minimum Gasteiger partial charge on any atom is -0.462 e. The zero-order valence-corrected chi connectivity index (χ0v) is 38.6. The van der Waals surface area contributed by atoms with Crippen molar-refractivity contribution in [1.82, 2.24) is 0 Å². The Bertz CT molecular complexity index is 1010. The maximum Gasteiger partial charge on any atom is 0.306 e. The molecule has 0 aliphatic heterocycles. The molecule has 0 aromatic rings. The van der Waals surface area contributed by atoms with E-state index in [0.29, 0.717) is 19.4 Å². The average molecular weight is 811 g/mol. The second kappa shape index (κ2) is 49.0. The van der Waals surface area contributed by atoms with Crippen LogP contribution in [-0.2, 0) is 23.8 Å². The Kier molecular flexibility index (Phi) is 46.9. The van der Waals surface area contributed by atoms with Crippen LogP contribution in [-0.4, -0.2) is 37.9 Å². The van der Waals surface area contributed by atoms with Gasteiger partial charge in [-0.05, 0) is 77.0 Å². The monoisotopic (exact) mass is 811 g/mol. The van der Waals surface area contributed by atoms with E-state index in [4.69, 9.17) is 14.2 Å². The number of rotatable bonds is 45. The van der Waals surface area contributed by atoms with Crippen molar-refractivity contribution >= 4 is 11.9 Å². The van der Waals surface area contributed by atoms with E-state index in [1.165, 1.54) is 128 Å². The molecule has 5 heteroatoms. The number of unbranched alkanes of at least 4 members (excludes halogenated alkanes) is 24. The molecule has 58 heavy (non-hydrogen) atoms. The Labute approximate surface area is 360 Å². The molecule has 0 heterocycles. The summed E-state index contributed by atoms with van der Waals surface area (Å²) in [6, 6.07) is 0. The third-order valence-electron chi connectivity index (χ3n) is 10.5. The number of esters is 2. The molecular weight excluding hydrogens is 717 g/mol. The number of hydrogen-bond acceptors (Lipinski definition) is 5. The second-order valence-electron chi connectivity index (χ2n) is 16.3. The SMILES string of the molecule is CC/C=C\C/C=C\C/C=C\CCCCCCCC(=O)OCC(COCCCCCCCC/C=C\C/C=C\CCC)OC(=O)CCCCCCCCCCCCCCC. The van der Waals surface area contributed by atoms with E-state index in [2.05, 4.69) is 81.5 Å². The number of hydrogen-bond donors (Lipinski definition) is 0. The van der Waals surface area contributed by atoms with E-state index >= 15 is 0 Å². The molecule has 0 saturated heterocycles. The molecular formula is C53H94O5. The summed E-state index contributed by atoms with van der Waals surface area (Å²) in [6.07, 6.45) is 60.8. The Balaban J connectivity index is 4.29. The number of carbonyl (C=O) groups is 2.